The average Bonchev–Trinajstić information content (AvgIpc) is 2.37. The summed E-state index contributed by atoms with van der Waals surface area (Å²) in [7, 11) is -1.85. The molecule has 0 spiro atoms. The second kappa shape index (κ2) is 7.69. The molecule has 1 atom stereocenters. The summed E-state index contributed by atoms with van der Waals surface area (Å²) in [6.45, 7) is 11.2. The van der Waals surface area contributed by atoms with Crippen LogP contribution >= 0.6 is 11.6 Å². The van der Waals surface area contributed by atoms with Gasteiger partial charge in [0.15, 0.2) is 0 Å². The Labute approximate surface area is 136 Å². The van der Waals surface area contributed by atoms with Gasteiger partial charge in [-0.25, -0.2) is 0 Å². The molecular formula is C17H30ClNOSi. The molecule has 0 saturated carbocycles. The molecule has 0 saturated heterocycles. The van der Waals surface area contributed by atoms with Crippen molar-refractivity contribution in [3.8, 4) is 6.07 Å². The van der Waals surface area contributed by atoms with E-state index in [2.05, 4.69) is 39.9 Å². The minimum absolute atomic E-state index is 0.173. The Bertz CT molecular complexity index is 417. The van der Waals surface area contributed by atoms with E-state index in [1.807, 2.05) is 0 Å². The molecule has 0 N–H and O–H groups in total. The van der Waals surface area contributed by atoms with E-state index < -0.39 is 8.32 Å². The van der Waals surface area contributed by atoms with Crippen LogP contribution in [0.25, 0.3) is 0 Å². The van der Waals surface area contributed by atoms with Gasteiger partial charge in [0.2, 0.25) is 8.32 Å². The highest BCUT2D eigenvalue weighted by Gasteiger charge is 2.40. The zero-order valence-corrected chi connectivity index (χ0v) is 16.0. The van der Waals surface area contributed by atoms with Crippen molar-refractivity contribution in [1.29, 1.82) is 5.26 Å². The number of unbranched alkanes of at least 4 members (excludes halogenated alkanes) is 1. The van der Waals surface area contributed by atoms with Crippen LogP contribution in [0.4, 0.5) is 0 Å². The van der Waals surface area contributed by atoms with E-state index in [1.54, 1.807) is 0 Å². The molecule has 0 aliphatic heterocycles. The predicted molar refractivity (Wildman–Crippen MR) is 92.8 cm³/mol. The summed E-state index contributed by atoms with van der Waals surface area (Å²) in [5.41, 5.74) is 0.917. The molecule has 0 unspecified atom stereocenters. The van der Waals surface area contributed by atoms with Crippen LogP contribution in [0.15, 0.2) is 11.3 Å². The molecule has 21 heavy (non-hydrogen) atoms. The Morgan fingerprint density at radius 3 is 2.52 bits per heavy atom. The molecule has 0 aromatic carbocycles. The predicted octanol–water partition coefficient (Wildman–Crippen LogP) is 6.00. The van der Waals surface area contributed by atoms with Crippen molar-refractivity contribution < 1.29 is 4.43 Å². The number of rotatable bonds is 6. The van der Waals surface area contributed by atoms with Crippen molar-refractivity contribution in [3.63, 3.8) is 0 Å². The number of alkyl halides is 1. The first-order chi connectivity index (χ1) is 9.73. The van der Waals surface area contributed by atoms with Crippen LogP contribution in [0.1, 0.15) is 59.3 Å². The molecule has 1 rings (SSSR count). The zero-order valence-electron chi connectivity index (χ0n) is 14.3. The van der Waals surface area contributed by atoms with Gasteiger partial charge in [-0.15, -0.1) is 11.6 Å². The monoisotopic (exact) mass is 327 g/mol. The largest absolute Gasteiger partial charge is 0.546 e. The SMILES string of the molecule is CC(C)(C)[Si](C)(C)OC1=C(C#N)[C@H](CCCCCl)CCC1. The molecule has 0 aromatic heterocycles. The molecule has 0 amide bonds. The summed E-state index contributed by atoms with van der Waals surface area (Å²) < 4.78 is 6.45. The summed E-state index contributed by atoms with van der Waals surface area (Å²) in [5, 5.41) is 9.76. The number of nitriles is 1. The molecule has 1 aliphatic rings. The maximum absolute atomic E-state index is 9.59. The Kier molecular flexibility index (Phi) is 6.81. The van der Waals surface area contributed by atoms with Gasteiger partial charge >= 0.3 is 0 Å². The van der Waals surface area contributed by atoms with E-state index in [1.165, 1.54) is 0 Å². The summed E-state index contributed by atoms with van der Waals surface area (Å²) in [4.78, 5) is 0. The Morgan fingerprint density at radius 2 is 2.00 bits per heavy atom. The van der Waals surface area contributed by atoms with E-state index in [9.17, 15) is 5.26 Å². The van der Waals surface area contributed by atoms with Crippen molar-refractivity contribution in [3.05, 3.63) is 11.3 Å². The third-order valence-electron chi connectivity index (χ3n) is 4.91. The molecule has 4 heteroatoms. The van der Waals surface area contributed by atoms with Gasteiger partial charge in [-0.3, -0.25) is 0 Å². The van der Waals surface area contributed by atoms with Crippen molar-refractivity contribution in [2.45, 2.75) is 77.4 Å². The fourth-order valence-electron chi connectivity index (χ4n) is 2.51. The zero-order chi connectivity index (χ0) is 16.1. The molecule has 0 aromatic rings. The van der Waals surface area contributed by atoms with Crippen molar-refractivity contribution in [2.75, 3.05) is 5.88 Å². The molecule has 0 fully saturated rings. The van der Waals surface area contributed by atoms with E-state index >= 15 is 0 Å². The fourth-order valence-corrected chi connectivity index (χ4v) is 3.83. The van der Waals surface area contributed by atoms with Crippen LogP contribution < -0.4 is 0 Å². The van der Waals surface area contributed by atoms with Crippen LogP contribution in [0.5, 0.6) is 0 Å². The van der Waals surface area contributed by atoms with Gasteiger partial charge in [0.05, 0.1) is 17.4 Å². The minimum Gasteiger partial charge on any atom is -0.546 e. The third-order valence-corrected chi connectivity index (χ3v) is 9.54. The highest BCUT2D eigenvalue weighted by Crippen LogP contribution is 2.41. The number of hydrogen-bond donors (Lipinski definition) is 0. The Morgan fingerprint density at radius 1 is 1.33 bits per heavy atom. The van der Waals surface area contributed by atoms with Crippen LogP contribution in [-0.4, -0.2) is 14.2 Å². The lowest BCUT2D eigenvalue weighted by Gasteiger charge is -2.39. The quantitative estimate of drug-likeness (QED) is 0.341. The topological polar surface area (TPSA) is 33.0 Å². The van der Waals surface area contributed by atoms with Gasteiger partial charge in [0.1, 0.15) is 0 Å². The van der Waals surface area contributed by atoms with Gasteiger partial charge in [-0.1, -0.05) is 27.2 Å². The first-order valence-electron chi connectivity index (χ1n) is 8.11. The Balaban J connectivity index is 2.89. The van der Waals surface area contributed by atoms with E-state index in [4.69, 9.17) is 16.0 Å². The molecule has 120 valence electrons. The van der Waals surface area contributed by atoms with Gasteiger partial charge < -0.3 is 4.43 Å². The normalized spacial score (nSPS) is 20.3. The van der Waals surface area contributed by atoms with Crippen LogP contribution in [0, 0.1) is 17.2 Å². The lowest BCUT2D eigenvalue weighted by atomic mass is 9.84. The number of allylic oxidation sites excluding steroid dienone is 2. The van der Waals surface area contributed by atoms with Gasteiger partial charge in [-0.2, -0.15) is 5.26 Å². The second-order valence-electron chi connectivity index (χ2n) is 7.58. The highest BCUT2D eigenvalue weighted by atomic mass is 35.5. The van der Waals surface area contributed by atoms with Crippen molar-refractivity contribution in [2.24, 2.45) is 5.92 Å². The van der Waals surface area contributed by atoms with Crippen LogP contribution in [0.3, 0.4) is 0 Å². The smallest absolute Gasteiger partial charge is 0.250 e. The summed E-state index contributed by atoms with van der Waals surface area (Å²) in [6.07, 6.45) is 6.40. The second-order valence-corrected chi connectivity index (χ2v) is 12.7. The van der Waals surface area contributed by atoms with E-state index in [0.717, 1.165) is 49.9 Å². The first kappa shape index (κ1) is 18.6. The van der Waals surface area contributed by atoms with Crippen LogP contribution in [-0.2, 0) is 4.43 Å². The Hall–Kier alpha value is -0.463. The van der Waals surface area contributed by atoms with Crippen LogP contribution in [0.2, 0.25) is 18.1 Å². The molecule has 0 radical (unpaired) electrons. The number of halogens is 1. The van der Waals surface area contributed by atoms with Gasteiger partial charge in [0.25, 0.3) is 0 Å². The fraction of sp³-hybridized carbons (Fsp3) is 0.824. The maximum atomic E-state index is 9.59. The first-order valence-corrected chi connectivity index (χ1v) is 11.6. The van der Waals surface area contributed by atoms with E-state index in [-0.39, 0.29) is 5.04 Å². The van der Waals surface area contributed by atoms with Crippen molar-refractivity contribution in [1.82, 2.24) is 0 Å². The lowest BCUT2D eigenvalue weighted by molar-refractivity contribution is 0.322. The molecule has 2 nitrogen and oxygen atoms in total. The highest BCUT2D eigenvalue weighted by molar-refractivity contribution is 6.74. The number of nitrogens with zero attached hydrogens (tertiary/aromatic N) is 1. The van der Waals surface area contributed by atoms with Gasteiger partial charge in [0, 0.05) is 12.3 Å². The standard InChI is InChI=1S/C17H30ClNOSi/c1-17(2,3)21(4,5)20-16-11-8-10-14(15(16)13-19)9-6-7-12-18/h14H,6-12H2,1-5H3/t14-/m1/s1. The molecule has 1 aliphatic carbocycles. The maximum Gasteiger partial charge on any atom is 0.250 e. The molecular weight excluding hydrogens is 298 g/mol. The third kappa shape index (κ3) is 5.04. The lowest BCUT2D eigenvalue weighted by Crippen LogP contribution is -2.41. The summed E-state index contributed by atoms with van der Waals surface area (Å²) in [6, 6.07) is 2.45. The van der Waals surface area contributed by atoms with E-state index in [0.29, 0.717) is 11.8 Å². The molecule has 0 heterocycles. The van der Waals surface area contributed by atoms with Crippen molar-refractivity contribution >= 4 is 19.9 Å². The summed E-state index contributed by atoms with van der Waals surface area (Å²) >= 11 is 5.76. The summed E-state index contributed by atoms with van der Waals surface area (Å²) in [5.74, 6) is 2.09. The number of hydrogen-bond acceptors (Lipinski definition) is 2. The molecule has 0 bridgehead atoms. The average molecular weight is 328 g/mol. The minimum atomic E-state index is -1.85. The van der Waals surface area contributed by atoms with Gasteiger partial charge in [-0.05, 0) is 49.7 Å².